The van der Waals surface area contributed by atoms with E-state index < -0.39 is 11.6 Å². The van der Waals surface area contributed by atoms with E-state index in [1.165, 1.54) is 12.1 Å². The van der Waals surface area contributed by atoms with Gasteiger partial charge in [-0.3, -0.25) is 4.68 Å². The fourth-order valence-corrected chi connectivity index (χ4v) is 3.74. The molecule has 0 fully saturated rings. The number of nitrogens with zero attached hydrogens (tertiary/aromatic N) is 3. The van der Waals surface area contributed by atoms with Crippen molar-refractivity contribution in [2.24, 2.45) is 0 Å². The van der Waals surface area contributed by atoms with Crippen LogP contribution in [0.1, 0.15) is 29.9 Å². The van der Waals surface area contributed by atoms with E-state index in [1.54, 1.807) is 10.7 Å². The summed E-state index contributed by atoms with van der Waals surface area (Å²) in [5, 5.41) is 8.83. The number of H-pyrrole nitrogens is 1. The molecule has 0 bridgehead atoms. The van der Waals surface area contributed by atoms with Crippen LogP contribution < -0.4 is 11.1 Å². The van der Waals surface area contributed by atoms with Crippen molar-refractivity contribution < 1.29 is 8.78 Å². The average molecular weight is 380 g/mol. The fraction of sp³-hybridized carbons (Fsp3) is 0.200. The van der Waals surface area contributed by atoms with Crippen molar-refractivity contribution in [2.45, 2.75) is 26.1 Å². The number of hydrogen-bond donors (Lipinski definition) is 3. The van der Waals surface area contributed by atoms with Crippen LogP contribution in [0.15, 0.2) is 36.4 Å². The lowest BCUT2D eigenvalue weighted by Crippen LogP contribution is -2.09. The van der Waals surface area contributed by atoms with E-state index in [0.29, 0.717) is 29.3 Å². The first-order valence-corrected chi connectivity index (χ1v) is 9.02. The molecule has 0 saturated heterocycles. The third kappa shape index (κ3) is 2.65. The van der Waals surface area contributed by atoms with Crippen LogP contribution in [0.2, 0.25) is 0 Å². The van der Waals surface area contributed by atoms with Gasteiger partial charge < -0.3 is 16.0 Å². The summed E-state index contributed by atoms with van der Waals surface area (Å²) in [6, 6.07) is 8.63. The molecule has 3 heterocycles. The van der Waals surface area contributed by atoms with Gasteiger partial charge in [-0.25, -0.2) is 13.8 Å². The Labute approximate surface area is 159 Å². The highest BCUT2D eigenvalue weighted by Gasteiger charge is 2.23. The van der Waals surface area contributed by atoms with E-state index in [4.69, 9.17) is 10.8 Å². The number of nitrogen functional groups attached to an aromatic ring is 1. The number of nitrogens with two attached hydrogens (primary N) is 1. The Balaban J connectivity index is 1.69. The van der Waals surface area contributed by atoms with Gasteiger partial charge in [-0.15, -0.1) is 0 Å². The molecule has 0 aliphatic carbocycles. The lowest BCUT2D eigenvalue weighted by Gasteiger charge is -2.14. The number of aromatic amines is 1. The van der Waals surface area contributed by atoms with Gasteiger partial charge in [0.1, 0.15) is 17.3 Å². The van der Waals surface area contributed by atoms with Crippen molar-refractivity contribution in [1.82, 2.24) is 25.1 Å². The highest BCUT2D eigenvalue weighted by Crippen LogP contribution is 2.33. The van der Waals surface area contributed by atoms with Crippen molar-refractivity contribution in [3.8, 4) is 11.5 Å². The van der Waals surface area contributed by atoms with Crippen molar-refractivity contribution >= 4 is 16.6 Å². The zero-order valence-corrected chi connectivity index (χ0v) is 15.1. The first kappa shape index (κ1) is 16.9. The molecule has 0 saturated carbocycles. The quantitative estimate of drug-likeness (QED) is 0.475. The van der Waals surface area contributed by atoms with Crippen LogP contribution in [0.3, 0.4) is 0 Å². The molecule has 28 heavy (non-hydrogen) atoms. The van der Waals surface area contributed by atoms with Crippen molar-refractivity contribution in [3.05, 3.63) is 65.0 Å². The molecule has 6 nitrogen and oxygen atoms in total. The number of hydrogen-bond acceptors (Lipinski definition) is 4. The number of halogens is 2. The van der Waals surface area contributed by atoms with Gasteiger partial charge >= 0.3 is 0 Å². The van der Waals surface area contributed by atoms with E-state index in [2.05, 4.69) is 15.3 Å². The van der Waals surface area contributed by atoms with Gasteiger partial charge in [0.2, 0.25) is 0 Å². The summed E-state index contributed by atoms with van der Waals surface area (Å²) in [7, 11) is 0. The number of fused-ring (bicyclic) bond motifs is 2. The van der Waals surface area contributed by atoms with E-state index >= 15 is 0 Å². The maximum absolute atomic E-state index is 13.7. The Morgan fingerprint density at radius 1 is 1.11 bits per heavy atom. The molecular weight excluding hydrogens is 362 g/mol. The van der Waals surface area contributed by atoms with Gasteiger partial charge in [-0.1, -0.05) is 0 Å². The van der Waals surface area contributed by atoms with Crippen LogP contribution >= 0.6 is 0 Å². The summed E-state index contributed by atoms with van der Waals surface area (Å²) in [6.45, 7) is 3.31. The molecule has 1 atom stereocenters. The Bertz CT molecular complexity index is 1170. The maximum atomic E-state index is 13.7. The Morgan fingerprint density at radius 3 is 2.64 bits per heavy atom. The van der Waals surface area contributed by atoms with Gasteiger partial charge in [-0.05, 0) is 42.8 Å². The number of anilines is 1. The summed E-state index contributed by atoms with van der Waals surface area (Å²) in [6.07, 6.45) is 0. The van der Waals surface area contributed by atoms with Gasteiger partial charge in [0, 0.05) is 30.2 Å². The minimum atomic E-state index is -0.613. The second-order valence-corrected chi connectivity index (χ2v) is 7.06. The second-order valence-electron chi connectivity index (χ2n) is 7.06. The number of imidazole rings is 1. The summed E-state index contributed by atoms with van der Waals surface area (Å²) in [4.78, 5) is 7.98. The van der Waals surface area contributed by atoms with Crippen LogP contribution in [0.25, 0.3) is 22.4 Å². The zero-order chi connectivity index (χ0) is 19.4. The molecular formula is C20H18F2N6. The molecule has 1 unspecified atom stereocenters. The number of rotatable bonds is 3. The molecule has 2 aromatic carbocycles. The lowest BCUT2D eigenvalue weighted by atomic mass is 10.1. The minimum absolute atomic E-state index is 0.381. The molecule has 142 valence electrons. The molecule has 5 rings (SSSR count). The van der Waals surface area contributed by atoms with Crippen molar-refractivity contribution in [1.29, 1.82) is 0 Å². The number of aromatic nitrogens is 4. The van der Waals surface area contributed by atoms with Gasteiger partial charge in [0.05, 0.1) is 22.9 Å². The summed E-state index contributed by atoms with van der Waals surface area (Å²) >= 11 is 0. The van der Waals surface area contributed by atoms with Crippen LogP contribution in [0.5, 0.6) is 0 Å². The Morgan fingerprint density at radius 2 is 1.89 bits per heavy atom. The number of benzene rings is 2. The van der Waals surface area contributed by atoms with E-state index in [1.807, 2.05) is 19.1 Å². The number of nitrogens with one attached hydrogen (secondary N) is 2. The smallest absolute Gasteiger partial charge is 0.159 e. The van der Waals surface area contributed by atoms with Crippen LogP contribution in [0, 0.1) is 11.6 Å². The second kappa shape index (κ2) is 6.13. The summed E-state index contributed by atoms with van der Waals surface area (Å²) < 4.78 is 29.2. The zero-order valence-electron chi connectivity index (χ0n) is 15.1. The van der Waals surface area contributed by atoms with Gasteiger partial charge in [0.15, 0.2) is 5.82 Å². The predicted octanol–water partition coefficient (Wildman–Crippen LogP) is 3.50. The standard InChI is InChI=1S/C20H18F2N6/c1-10(11-4-12(21)6-13(22)5-11)28-18-3-2-14(23)7-15(18)19(27-28)20-25-16-8-24-9-17(16)26-20/h2-7,10,24H,8-9,23H2,1H3,(H,25,26). The van der Waals surface area contributed by atoms with Gasteiger partial charge in [-0.2, -0.15) is 5.10 Å². The first-order valence-electron chi connectivity index (χ1n) is 9.02. The predicted molar refractivity (Wildman–Crippen MR) is 102 cm³/mol. The molecule has 0 radical (unpaired) electrons. The molecule has 4 aromatic rings. The summed E-state index contributed by atoms with van der Waals surface area (Å²) in [5.74, 6) is -0.561. The van der Waals surface area contributed by atoms with Crippen molar-refractivity contribution in [3.63, 3.8) is 0 Å². The van der Waals surface area contributed by atoms with Gasteiger partial charge in [0.25, 0.3) is 0 Å². The molecule has 0 spiro atoms. The fourth-order valence-electron chi connectivity index (χ4n) is 3.74. The third-order valence-electron chi connectivity index (χ3n) is 5.15. The van der Waals surface area contributed by atoms with Crippen LogP contribution in [0.4, 0.5) is 14.5 Å². The highest BCUT2D eigenvalue weighted by molar-refractivity contribution is 5.94. The first-order chi connectivity index (χ1) is 13.5. The van der Waals surface area contributed by atoms with E-state index in [0.717, 1.165) is 34.9 Å². The maximum Gasteiger partial charge on any atom is 0.159 e. The highest BCUT2D eigenvalue weighted by atomic mass is 19.1. The topological polar surface area (TPSA) is 84.5 Å². The average Bonchev–Trinajstić information content (AvgIpc) is 3.32. The Kier molecular flexibility index (Phi) is 3.70. The minimum Gasteiger partial charge on any atom is -0.399 e. The van der Waals surface area contributed by atoms with E-state index in [-0.39, 0.29) is 6.04 Å². The van der Waals surface area contributed by atoms with Crippen LogP contribution in [-0.2, 0) is 13.1 Å². The normalized spacial score (nSPS) is 14.5. The molecule has 1 aliphatic rings. The molecule has 2 aromatic heterocycles. The SMILES string of the molecule is CC(c1cc(F)cc(F)c1)n1nc(-c2nc3c([nH]2)CNC3)c2cc(N)ccc21. The lowest BCUT2D eigenvalue weighted by molar-refractivity contribution is 0.550. The molecule has 1 aliphatic heterocycles. The monoisotopic (exact) mass is 380 g/mol. The van der Waals surface area contributed by atoms with Crippen molar-refractivity contribution in [2.75, 3.05) is 5.73 Å². The molecule has 8 heteroatoms. The largest absolute Gasteiger partial charge is 0.399 e. The van der Waals surface area contributed by atoms with E-state index in [9.17, 15) is 8.78 Å². The third-order valence-corrected chi connectivity index (χ3v) is 5.15. The molecule has 0 amide bonds. The Hall–Kier alpha value is -3.26. The summed E-state index contributed by atoms with van der Waals surface area (Å²) in [5.41, 5.74) is 10.6. The molecule has 4 N–H and O–H groups in total. The van der Waals surface area contributed by atoms with Crippen LogP contribution in [-0.4, -0.2) is 19.7 Å².